The molecule has 3 rings (SSSR count). The van der Waals surface area contributed by atoms with Gasteiger partial charge >= 0.3 is 5.97 Å². The van der Waals surface area contributed by atoms with Gasteiger partial charge in [0.05, 0.1) is 18.4 Å². The molecule has 1 aliphatic rings. The summed E-state index contributed by atoms with van der Waals surface area (Å²) in [6.45, 7) is 0. The number of ether oxygens (including phenoxy) is 1. The topological polar surface area (TPSA) is 75.6 Å². The molecular formula is C24H23NO4. The van der Waals surface area contributed by atoms with Crippen LogP contribution in [0.1, 0.15) is 35.2 Å². The van der Waals surface area contributed by atoms with Crippen molar-refractivity contribution in [1.29, 1.82) is 0 Å². The van der Waals surface area contributed by atoms with Crippen LogP contribution in [0.15, 0.2) is 78.4 Å². The summed E-state index contributed by atoms with van der Waals surface area (Å²) in [6.07, 6.45) is 9.86. The van der Waals surface area contributed by atoms with Gasteiger partial charge in [-0.15, -0.1) is 0 Å². The molecule has 0 aliphatic heterocycles. The third-order valence-corrected chi connectivity index (χ3v) is 4.70. The molecule has 0 atom stereocenters. The second-order valence-electron chi connectivity index (χ2n) is 6.65. The minimum atomic E-state index is -1.06. The number of anilines is 1. The normalized spacial score (nSPS) is 13.1. The average molecular weight is 389 g/mol. The Balaban J connectivity index is 1.65. The fraction of sp³-hybridized carbons (Fsp3) is 0.167. The highest BCUT2D eigenvalue weighted by Crippen LogP contribution is 2.29. The predicted molar refractivity (Wildman–Crippen MR) is 114 cm³/mol. The molecule has 148 valence electrons. The lowest BCUT2D eigenvalue weighted by Gasteiger charge is -2.09. The van der Waals surface area contributed by atoms with E-state index >= 15 is 0 Å². The maximum atomic E-state index is 12.3. The smallest absolute Gasteiger partial charge is 0.337 e. The van der Waals surface area contributed by atoms with E-state index in [1.54, 1.807) is 25.3 Å². The molecule has 0 saturated heterocycles. The van der Waals surface area contributed by atoms with E-state index in [4.69, 9.17) is 4.74 Å². The molecule has 0 bridgehead atoms. The fourth-order valence-electron chi connectivity index (χ4n) is 3.18. The molecule has 0 radical (unpaired) electrons. The molecule has 1 amide bonds. The van der Waals surface area contributed by atoms with Crippen molar-refractivity contribution >= 4 is 23.1 Å². The molecule has 0 unspecified atom stereocenters. The third kappa shape index (κ3) is 5.23. The third-order valence-electron chi connectivity index (χ3n) is 4.70. The molecule has 0 fully saturated rings. The van der Waals surface area contributed by atoms with Crippen molar-refractivity contribution in [3.63, 3.8) is 0 Å². The highest BCUT2D eigenvalue weighted by Gasteiger charge is 2.12. The molecular weight excluding hydrogens is 366 g/mol. The van der Waals surface area contributed by atoms with Crippen LogP contribution in [0.3, 0.4) is 0 Å². The van der Waals surface area contributed by atoms with Gasteiger partial charge in [-0.05, 0) is 36.6 Å². The first kappa shape index (κ1) is 20.1. The lowest BCUT2D eigenvalue weighted by Crippen LogP contribution is -2.14. The minimum absolute atomic E-state index is 0.0850. The zero-order valence-corrected chi connectivity index (χ0v) is 16.2. The number of benzene rings is 2. The van der Waals surface area contributed by atoms with E-state index in [0.29, 0.717) is 12.1 Å². The van der Waals surface area contributed by atoms with Crippen molar-refractivity contribution in [2.24, 2.45) is 0 Å². The Bertz CT molecular complexity index is 1000. The monoisotopic (exact) mass is 389 g/mol. The lowest BCUT2D eigenvalue weighted by atomic mass is 10.0. The van der Waals surface area contributed by atoms with Gasteiger partial charge in [0.2, 0.25) is 5.91 Å². The number of nitrogens with one attached hydrogen (secondary N) is 1. The van der Waals surface area contributed by atoms with E-state index in [-0.39, 0.29) is 17.9 Å². The number of carbonyl (C=O) groups excluding carboxylic acids is 1. The molecule has 2 aromatic rings. The fourth-order valence-corrected chi connectivity index (χ4v) is 3.18. The number of methoxy groups -OCH3 is 1. The molecule has 0 saturated carbocycles. The number of carboxylic acid groups (broad SMARTS) is 1. The van der Waals surface area contributed by atoms with Gasteiger partial charge in [-0.3, -0.25) is 4.79 Å². The summed E-state index contributed by atoms with van der Waals surface area (Å²) >= 11 is 0. The van der Waals surface area contributed by atoms with Gasteiger partial charge in [-0.2, -0.15) is 0 Å². The quantitative estimate of drug-likeness (QED) is 0.692. The maximum Gasteiger partial charge on any atom is 0.337 e. The largest absolute Gasteiger partial charge is 0.496 e. The first-order valence-electron chi connectivity index (χ1n) is 9.40. The Kier molecular flexibility index (Phi) is 6.63. The zero-order chi connectivity index (χ0) is 20.6. The van der Waals surface area contributed by atoms with E-state index < -0.39 is 5.97 Å². The van der Waals surface area contributed by atoms with Crippen LogP contribution in [-0.4, -0.2) is 24.1 Å². The van der Waals surface area contributed by atoms with Gasteiger partial charge in [0, 0.05) is 12.0 Å². The SMILES string of the molecule is COc1ccccc1C1=CC=C(CCC(=O)Nc2ccccc2C(=O)O)CC=C1. The first-order valence-corrected chi connectivity index (χ1v) is 9.40. The van der Waals surface area contributed by atoms with E-state index in [1.165, 1.54) is 6.07 Å². The Labute approximate surface area is 170 Å². The molecule has 0 spiro atoms. The van der Waals surface area contributed by atoms with Gasteiger partial charge in [-0.25, -0.2) is 4.79 Å². The second-order valence-corrected chi connectivity index (χ2v) is 6.65. The molecule has 29 heavy (non-hydrogen) atoms. The van der Waals surface area contributed by atoms with Crippen molar-refractivity contribution in [2.75, 3.05) is 12.4 Å². The zero-order valence-electron chi connectivity index (χ0n) is 16.2. The van der Waals surface area contributed by atoms with Crippen LogP contribution in [0.4, 0.5) is 5.69 Å². The first-order chi connectivity index (χ1) is 14.1. The average Bonchev–Trinajstić information content (AvgIpc) is 2.98. The summed E-state index contributed by atoms with van der Waals surface area (Å²) in [4.78, 5) is 23.6. The number of hydrogen-bond donors (Lipinski definition) is 2. The van der Waals surface area contributed by atoms with E-state index in [2.05, 4.69) is 17.5 Å². The second kappa shape index (κ2) is 9.55. The van der Waals surface area contributed by atoms with Crippen LogP contribution in [0.25, 0.3) is 5.57 Å². The molecule has 5 heteroatoms. The Morgan fingerprint density at radius 1 is 1.07 bits per heavy atom. The molecule has 1 aliphatic carbocycles. The molecule has 0 aromatic heterocycles. The van der Waals surface area contributed by atoms with Crippen LogP contribution in [-0.2, 0) is 4.79 Å². The van der Waals surface area contributed by atoms with Crippen LogP contribution in [0.2, 0.25) is 0 Å². The van der Waals surface area contributed by atoms with E-state index in [1.807, 2.05) is 36.4 Å². The van der Waals surface area contributed by atoms with Crippen molar-refractivity contribution in [3.8, 4) is 5.75 Å². The summed E-state index contributed by atoms with van der Waals surface area (Å²) in [6, 6.07) is 14.3. The van der Waals surface area contributed by atoms with Crippen LogP contribution in [0, 0.1) is 0 Å². The van der Waals surface area contributed by atoms with Crippen molar-refractivity contribution in [3.05, 3.63) is 89.5 Å². The number of allylic oxidation sites excluding steroid dienone is 6. The number of hydrogen-bond acceptors (Lipinski definition) is 3. The molecule has 2 N–H and O–H groups in total. The Morgan fingerprint density at radius 2 is 1.83 bits per heavy atom. The highest BCUT2D eigenvalue weighted by molar-refractivity contribution is 6.00. The highest BCUT2D eigenvalue weighted by atomic mass is 16.5. The Morgan fingerprint density at radius 3 is 2.62 bits per heavy atom. The maximum absolute atomic E-state index is 12.3. The number of aromatic carboxylic acids is 1. The Hall–Kier alpha value is -3.60. The summed E-state index contributed by atoms with van der Waals surface area (Å²) in [5.41, 5.74) is 3.61. The summed E-state index contributed by atoms with van der Waals surface area (Å²) < 4.78 is 5.44. The standard InChI is InChI=1S/C24H23NO4/c1-29-22-12-5-3-9-19(22)18-8-6-7-17(13-15-18)14-16-23(26)25-21-11-4-2-10-20(21)24(27)28/h2-6,8-13,15H,7,14,16H2,1H3,(H,25,26)(H,27,28). The summed E-state index contributed by atoms with van der Waals surface area (Å²) in [5.74, 6) is -0.454. The van der Waals surface area contributed by atoms with Crippen LogP contribution >= 0.6 is 0 Å². The summed E-state index contributed by atoms with van der Waals surface area (Å²) in [5, 5.41) is 11.9. The number of carbonyl (C=O) groups is 2. The van der Waals surface area contributed by atoms with Crippen LogP contribution in [0.5, 0.6) is 5.75 Å². The van der Waals surface area contributed by atoms with E-state index in [0.717, 1.165) is 28.9 Å². The van der Waals surface area contributed by atoms with Crippen LogP contribution < -0.4 is 10.1 Å². The van der Waals surface area contributed by atoms with E-state index in [9.17, 15) is 14.7 Å². The van der Waals surface area contributed by atoms with Crippen molar-refractivity contribution in [2.45, 2.75) is 19.3 Å². The molecule has 2 aromatic carbocycles. The number of carboxylic acids is 1. The van der Waals surface area contributed by atoms with Gasteiger partial charge in [0.15, 0.2) is 0 Å². The number of para-hydroxylation sites is 2. The molecule has 0 heterocycles. The van der Waals surface area contributed by atoms with Crippen molar-refractivity contribution < 1.29 is 19.4 Å². The van der Waals surface area contributed by atoms with Gasteiger partial charge in [0.25, 0.3) is 0 Å². The summed E-state index contributed by atoms with van der Waals surface area (Å²) in [7, 11) is 1.65. The van der Waals surface area contributed by atoms with Gasteiger partial charge in [-0.1, -0.05) is 60.2 Å². The van der Waals surface area contributed by atoms with Gasteiger partial charge < -0.3 is 15.2 Å². The number of rotatable bonds is 7. The molecule has 5 nitrogen and oxygen atoms in total. The minimum Gasteiger partial charge on any atom is -0.496 e. The lowest BCUT2D eigenvalue weighted by molar-refractivity contribution is -0.116. The predicted octanol–water partition coefficient (Wildman–Crippen LogP) is 5.08. The number of amides is 1. The van der Waals surface area contributed by atoms with Gasteiger partial charge in [0.1, 0.15) is 5.75 Å². The van der Waals surface area contributed by atoms with Crippen molar-refractivity contribution in [1.82, 2.24) is 0 Å².